The molecular weight excluding hydrogens is 236 g/mol. The third-order valence-corrected chi connectivity index (χ3v) is 4.88. The molecule has 2 saturated heterocycles. The van der Waals surface area contributed by atoms with Gasteiger partial charge < -0.3 is 9.64 Å². The fourth-order valence-electron chi connectivity index (χ4n) is 3.76. The van der Waals surface area contributed by atoms with Crippen molar-refractivity contribution in [2.24, 2.45) is 11.8 Å². The van der Waals surface area contributed by atoms with Crippen LogP contribution in [0.5, 0.6) is 0 Å². The molecule has 0 bridgehead atoms. The minimum Gasteiger partial charge on any atom is -0.379 e. The van der Waals surface area contributed by atoms with Crippen LogP contribution in [-0.4, -0.2) is 62.3 Å². The summed E-state index contributed by atoms with van der Waals surface area (Å²) in [5.74, 6) is 1.82. The average Bonchev–Trinajstić information content (AvgIpc) is 2.88. The lowest BCUT2D eigenvalue weighted by Gasteiger charge is -2.29. The van der Waals surface area contributed by atoms with Crippen LogP contribution in [0.4, 0.5) is 0 Å². The zero-order valence-electron chi connectivity index (χ0n) is 12.1. The molecule has 19 heavy (non-hydrogen) atoms. The minimum absolute atomic E-state index is 0.900. The summed E-state index contributed by atoms with van der Waals surface area (Å²) < 4.78 is 5.43. The van der Waals surface area contributed by atoms with Crippen LogP contribution < -0.4 is 0 Å². The molecule has 2 aliphatic heterocycles. The van der Waals surface area contributed by atoms with Crippen molar-refractivity contribution >= 4 is 0 Å². The van der Waals surface area contributed by atoms with Gasteiger partial charge in [-0.05, 0) is 44.1 Å². The Morgan fingerprint density at radius 3 is 2.53 bits per heavy atom. The zero-order chi connectivity index (χ0) is 12.9. The first-order valence-corrected chi connectivity index (χ1v) is 8.07. The molecule has 2 fully saturated rings. The summed E-state index contributed by atoms with van der Waals surface area (Å²) in [6.07, 6.45) is 10.2. The van der Waals surface area contributed by atoms with Gasteiger partial charge in [-0.3, -0.25) is 4.90 Å². The maximum atomic E-state index is 5.43. The molecule has 3 nitrogen and oxygen atoms in total. The summed E-state index contributed by atoms with van der Waals surface area (Å²) >= 11 is 0. The predicted octanol–water partition coefficient (Wildman–Crippen LogP) is 2.00. The van der Waals surface area contributed by atoms with Crippen molar-refractivity contribution in [2.45, 2.75) is 25.7 Å². The predicted molar refractivity (Wildman–Crippen MR) is 78.3 cm³/mol. The van der Waals surface area contributed by atoms with E-state index in [0.29, 0.717) is 0 Å². The molecule has 3 heteroatoms. The van der Waals surface area contributed by atoms with E-state index in [1.165, 1.54) is 51.9 Å². The van der Waals surface area contributed by atoms with Gasteiger partial charge in [0.2, 0.25) is 0 Å². The number of ether oxygens (including phenoxy) is 1. The molecule has 0 spiro atoms. The largest absolute Gasteiger partial charge is 0.379 e. The molecule has 0 aromatic heterocycles. The second kappa shape index (κ2) is 6.87. The molecule has 0 N–H and O–H groups in total. The molecule has 3 aliphatic rings. The standard InChI is InChI=1S/C16H28N2O/c1-2-4-15(5-3-1)12-18-7-6-16(14-18)13-17-8-10-19-11-9-17/h1-2,15-16H,3-14H2/t15-,16-/m1/s1. The molecule has 1 aliphatic carbocycles. The van der Waals surface area contributed by atoms with E-state index in [0.717, 1.165) is 38.1 Å². The first kappa shape index (κ1) is 13.6. The lowest BCUT2D eigenvalue weighted by molar-refractivity contribution is 0.0311. The second-order valence-corrected chi connectivity index (χ2v) is 6.48. The van der Waals surface area contributed by atoms with Crippen molar-refractivity contribution in [3.8, 4) is 0 Å². The Labute approximate surface area is 117 Å². The molecule has 0 amide bonds. The highest BCUT2D eigenvalue weighted by molar-refractivity contribution is 4.91. The van der Waals surface area contributed by atoms with Crippen molar-refractivity contribution in [3.63, 3.8) is 0 Å². The van der Waals surface area contributed by atoms with E-state index in [1.54, 1.807) is 0 Å². The smallest absolute Gasteiger partial charge is 0.0594 e. The maximum Gasteiger partial charge on any atom is 0.0594 e. The Kier molecular flexibility index (Phi) is 4.91. The normalized spacial score (nSPS) is 33.9. The van der Waals surface area contributed by atoms with Crippen LogP contribution in [0.3, 0.4) is 0 Å². The Morgan fingerprint density at radius 1 is 0.895 bits per heavy atom. The van der Waals surface area contributed by atoms with Gasteiger partial charge in [-0.25, -0.2) is 0 Å². The number of nitrogens with zero attached hydrogens (tertiary/aromatic N) is 2. The van der Waals surface area contributed by atoms with Crippen molar-refractivity contribution in [2.75, 3.05) is 52.5 Å². The van der Waals surface area contributed by atoms with Crippen LogP contribution in [0, 0.1) is 11.8 Å². The van der Waals surface area contributed by atoms with Crippen LogP contribution in [0.2, 0.25) is 0 Å². The number of likely N-dealkylation sites (tertiary alicyclic amines) is 1. The molecule has 0 aromatic rings. The molecule has 0 saturated carbocycles. The van der Waals surface area contributed by atoms with E-state index in [4.69, 9.17) is 4.74 Å². The summed E-state index contributed by atoms with van der Waals surface area (Å²) in [6.45, 7) is 9.45. The van der Waals surface area contributed by atoms with Crippen LogP contribution in [0.1, 0.15) is 25.7 Å². The number of hydrogen-bond acceptors (Lipinski definition) is 3. The van der Waals surface area contributed by atoms with Crippen molar-refractivity contribution in [1.82, 2.24) is 9.80 Å². The van der Waals surface area contributed by atoms with Gasteiger partial charge in [-0.1, -0.05) is 12.2 Å². The van der Waals surface area contributed by atoms with Crippen molar-refractivity contribution in [1.29, 1.82) is 0 Å². The Bertz CT molecular complexity index is 299. The van der Waals surface area contributed by atoms with Gasteiger partial charge in [0.25, 0.3) is 0 Å². The van der Waals surface area contributed by atoms with E-state index in [2.05, 4.69) is 22.0 Å². The van der Waals surface area contributed by atoms with Gasteiger partial charge in [-0.15, -0.1) is 0 Å². The highest BCUT2D eigenvalue weighted by Crippen LogP contribution is 2.24. The first-order chi connectivity index (χ1) is 9.40. The van der Waals surface area contributed by atoms with E-state index in [1.807, 2.05) is 0 Å². The van der Waals surface area contributed by atoms with E-state index in [9.17, 15) is 0 Å². The van der Waals surface area contributed by atoms with Crippen molar-refractivity contribution < 1.29 is 4.74 Å². The highest BCUT2D eigenvalue weighted by Gasteiger charge is 2.26. The summed E-state index contributed by atoms with van der Waals surface area (Å²) in [4.78, 5) is 5.32. The summed E-state index contributed by atoms with van der Waals surface area (Å²) in [5, 5.41) is 0. The zero-order valence-corrected chi connectivity index (χ0v) is 12.1. The van der Waals surface area contributed by atoms with Gasteiger partial charge in [0.05, 0.1) is 13.2 Å². The highest BCUT2D eigenvalue weighted by atomic mass is 16.5. The Morgan fingerprint density at radius 2 is 1.74 bits per heavy atom. The number of rotatable bonds is 4. The lowest BCUT2D eigenvalue weighted by atomic mass is 9.94. The van der Waals surface area contributed by atoms with Crippen LogP contribution in [-0.2, 0) is 4.74 Å². The number of allylic oxidation sites excluding steroid dienone is 2. The van der Waals surface area contributed by atoms with Gasteiger partial charge in [0.1, 0.15) is 0 Å². The molecule has 3 rings (SSSR count). The fraction of sp³-hybridized carbons (Fsp3) is 0.875. The van der Waals surface area contributed by atoms with Gasteiger partial charge >= 0.3 is 0 Å². The van der Waals surface area contributed by atoms with Crippen LogP contribution in [0.15, 0.2) is 12.2 Å². The lowest BCUT2D eigenvalue weighted by Crippen LogP contribution is -2.40. The molecule has 2 atom stereocenters. The molecular formula is C16H28N2O. The second-order valence-electron chi connectivity index (χ2n) is 6.48. The minimum atomic E-state index is 0.900. The van der Waals surface area contributed by atoms with Crippen LogP contribution in [0.25, 0.3) is 0 Å². The van der Waals surface area contributed by atoms with Gasteiger partial charge in [0.15, 0.2) is 0 Å². The Balaban J connectivity index is 1.38. The summed E-state index contributed by atoms with van der Waals surface area (Å²) in [5.41, 5.74) is 0. The summed E-state index contributed by atoms with van der Waals surface area (Å²) in [6, 6.07) is 0. The van der Waals surface area contributed by atoms with Crippen molar-refractivity contribution in [3.05, 3.63) is 12.2 Å². The van der Waals surface area contributed by atoms with Gasteiger partial charge in [-0.2, -0.15) is 0 Å². The molecule has 2 heterocycles. The maximum absolute atomic E-state index is 5.43. The average molecular weight is 264 g/mol. The fourth-order valence-corrected chi connectivity index (χ4v) is 3.76. The monoisotopic (exact) mass is 264 g/mol. The molecule has 0 radical (unpaired) electrons. The quantitative estimate of drug-likeness (QED) is 0.722. The van der Waals surface area contributed by atoms with E-state index in [-0.39, 0.29) is 0 Å². The summed E-state index contributed by atoms with van der Waals surface area (Å²) in [7, 11) is 0. The Hall–Kier alpha value is -0.380. The SMILES string of the molecule is C1=CC[C@@H](CN2CC[C@H](CN3CCOCC3)C2)CC1. The van der Waals surface area contributed by atoms with Gasteiger partial charge in [0, 0.05) is 32.7 Å². The van der Waals surface area contributed by atoms with Crippen LogP contribution >= 0.6 is 0 Å². The number of morpholine rings is 1. The molecule has 0 aromatic carbocycles. The number of hydrogen-bond donors (Lipinski definition) is 0. The third kappa shape index (κ3) is 4.04. The molecule has 108 valence electrons. The molecule has 0 unspecified atom stereocenters. The van der Waals surface area contributed by atoms with E-state index >= 15 is 0 Å². The van der Waals surface area contributed by atoms with E-state index < -0.39 is 0 Å². The third-order valence-electron chi connectivity index (χ3n) is 4.88. The topological polar surface area (TPSA) is 15.7 Å². The first-order valence-electron chi connectivity index (χ1n) is 8.07.